The van der Waals surface area contributed by atoms with Gasteiger partial charge in [-0.3, -0.25) is 0 Å². The van der Waals surface area contributed by atoms with Crippen molar-refractivity contribution >= 4 is 8.56 Å². The lowest BCUT2D eigenvalue weighted by Crippen LogP contribution is -2.38. The molecule has 2 atom stereocenters. The Morgan fingerprint density at radius 2 is 2.00 bits per heavy atom. The lowest BCUT2D eigenvalue weighted by Gasteiger charge is -2.25. The van der Waals surface area contributed by atoms with Crippen LogP contribution in [0, 0.1) is 0 Å². The Morgan fingerprint density at radius 1 is 1.35 bits per heavy atom. The molecule has 96 valence electrons. The van der Waals surface area contributed by atoms with Crippen molar-refractivity contribution in [3.05, 3.63) is 35.9 Å². The summed E-state index contributed by atoms with van der Waals surface area (Å²) in [5.41, 5.74) is 6.45. The van der Waals surface area contributed by atoms with Gasteiger partial charge in [-0.1, -0.05) is 30.3 Å². The van der Waals surface area contributed by atoms with E-state index in [2.05, 4.69) is 0 Å². The summed E-state index contributed by atoms with van der Waals surface area (Å²) in [6.07, 6.45) is -0.289. The number of aliphatic hydroxyl groups is 1. The minimum atomic E-state index is -2.21. The van der Waals surface area contributed by atoms with Gasteiger partial charge in [0.2, 0.25) is 0 Å². The molecular weight excluding hydrogens is 234 g/mol. The van der Waals surface area contributed by atoms with Crippen LogP contribution in [0.4, 0.5) is 0 Å². The van der Waals surface area contributed by atoms with Gasteiger partial charge in [0.15, 0.2) is 0 Å². The molecule has 0 aliphatic heterocycles. The average Bonchev–Trinajstić information content (AvgIpc) is 2.35. The molecule has 0 aromatic heterocycles. The molecule has 5 heteroatoms. The summed E-state index contributed by atoms with van der Waals surface area (Å²) in [7, 11) is -0.556. The van der Waals surface area contributed by atoms with Gasteiger partial charge in [-0.05, 0) is 24.6 Å². The van der Waals surface area contributed by atoms with Crippen LogP contribution >= 0.6 is 0 Å². The van der Waals surface area contributed by atoms with Crippen molar-refractivity contribution in [2.45, 2.75) is 31.8 Å². The highest BCUT2D eigenvalue weighted by molar-refractivity contribution is 6.65. The Bertz CT molecular complexity index is 321. The van der Waals surface area contributed by atoms with Crippen LogP contribution in [-0.2, 0) is 15.5 Å². The van der Waals surface area contributed by atoms with E-state index in [1.54, 1.807) is 7.11 Å². The summed E-state index contributed by atoms with van der Waals surface area (Å²) in [6.45, 7) is 2.52. The van der Waals surface area contributed by atoms with Crippen LogP contribution in [0.1, 0.15) is 12.0 Å². The predicted molar refractivity (Wildman–Crippen MR) is 69.5 cm³/mol. The van der Waals surface area contributed by atoms with Gasteiger partial charge < -0.3 is 19.7 Å². The summed E-state index contributed by atoms with van der Waals surface area (Å²) in [5.74, 6) is 0. The third-order valence-corrected chi connectivity index (χ3v) is 5.53. The topological polar surface area (TPSA) is 64.7 Å². The summed E-state index contributed by atoms with van der Waals surface area (Å²) in [4.78, 5) is 0. The maximum atomic E-state index is 9.09. The zero-order valence-corrected chi connectivity index (χ0v) is 11.4. The molecule has 0 saturated carbocycles. The second kappa shape index (κ2) is 6.88. The number of hydrogen-bond acceptors (Lipinski definition) is 4. The fraction of sp³-hybridized carbons (Fsp3) is 0.500. The minimum absolute atomic E-state index is 0.505. The summed E-state index contributed by atoms with van der Waals surface area (Å²) in [5, 5.41) is 9.09. The van der Waals surface area contributed by atoms with Crippen molar-refractivity contribution in [1.29, 1.82) is 0 Å². The van der Waals surface area contributed by atoms with Crippen LogP contribution < -0.4 is 5.73 Å². The third-order valence-electron chi connectivity index (χ3n) is 2.71. The zero-order chi connectivity index (χ0) is 12.7. The molecule has 0 aliphatic carbocycles. The first-order valence-corrected chi connectivity index (χ1v) is 8.25. The van der Waals surface area contributed by atoms with Gasteiger partial charge in [0, 0.05) is 7.11 Å². The van der Waals surface area contributed by atoms with E-state index in [1.165, 1.54) is 0 Å². The van der Waals surface area contributed by atoms with Gasteiger partial charge in [-0.25, -0.2) is 0 Å². The Labute approximate surface area is 104 Å². The Balaban J connectivity index is 2.45. The highest BCUT2D eigenvalue weighted by atomic mass is 28.4. The van der Waals surface area contributed by atoms with Crippen LogP contribution in [0.5, 0.6) is 0 Å². The standard InChI is InChI=1S/C12H21NO3Si/c1-15-17(2,9-8-12(13)14)16-10-11-6-4-3-5-7-11/h3-7,12,14H,8-10,13H2,1-2H3. The normalized spacial score (nSPS) is 16.5. The average molecular weight is 255 g/mol. The van der Waals surface area contributed by atoms with E-state index in [0.717, 1.165) is 5.56 Å². The molecule has 0 aliphatic rings. The molecule has 2 unspecified atom stereocenters. The van der Waals surface area contributed by atoms with Crippen molar-refractivity contribution in [3.8, 4) is 0 Å². The van der Waals surface area contributed by atoms with E-state index in [-0.39, 0.29) is 0 Å². The lowest BCUT2D eigenvalue weighted by atomic mass is 10.2. The molecule has 0 amide bonds. The predicted octanol–water partition coefficient (Wildman–Crippen LogP) is 1.59. The Morgan fingerprint density at radius 3 is 2.53 bits per heavy atom. The smallest absolute Gasteiger partial charge is 0.335 e. The maximum Gasteiger partial charge on any atom is 0.335 e. The lowest BCUT2D eigenvalue weighted by molar-refractivity contribution is 0.159. The molecule has 0 saturated heterocycles. The summed E-state index contributed by atoms with van der Waals surface area (Å²) < 4.78 is 11.3. The van der Waals surface area contributed by atoms with E-state index in [0.29, 0.717) is 19.1 Å². The fourth-order valence-corrected chi connectivity index (χ4v) is 3.21. The number of hydrogen-bond donors (Lipinski definition) is 2. The summed E-state index contributed by atoms with van der Waals surface area (Å²) >= 11 is 0. The first-order valence-electron chi connectivity index (χ1n) is 5.72. The second-order valence-electron chi connectivity index (χ2n) is 4.22. The van der Waals surface area contributed by atoms with Gasteiger partial charge in [0.05, 0.1) is 6.61 Å². The van der Waals surface area contributed by atoms with E-state index >= 15 is 0 Å². The van der Waals surface area contributed by atoms with Crippen molar-refractivity contribution in [3.63, 3.8) is 0 Å². The van der Waals surface area contributed by atoms with Crippen molar-refractivity contribution in [2.24, 2.45) is 5.73 Å². The van der Waals surface area contributed by atoms with E-state index < -0.39 is 14.8 Å². The van der Waals surface area contributed by atoms with Gasteiger partial charge >= 0.3 is 8.56 Å². The van der Waals surface area contributed by atoms with Crippen LogP contribution in [-0.4, -0.2) is 27.0 Å². The second-order valence-corrected chi connectivity index (χ2v) is 7.68. The summed E-state index contributed by atoms with van der Waals surface area (Å²) in [6, 6.07) is 10.7. The molecule has 0 bridgehead atoms. The van der Waals surface area contributed by atoms with Crippen molar-refractivity contribution < 1.29 is 14.0 Å². The SMILES string of the molecule is CO[Si](C)(CCC(N)O)OCc1ccccc1. The molecule has 4 nitrogen and oxygen atoms in total. The Hall–Kier alpha value is -0.723. The van der Waals surface area contributed by atoms with E-state index in [9.17, 15) is 0 Å². The Kier molecular flexibility index (Phi) is 5.80. The molecule has 1 aromatic rings. The third kappa shape index (κ3) is 5.43. The maximum absolute atomic E-state index is 9.09. The highest BCUT2D eigenvalue weighted by Crippen LogP contribution is 2.17. The van der Waals surface area contributed by atoms with Crippen molar-refractivity contribution in [1.82, 2.24) is 0 Å². The number of aliphatic hydroxyl groups excluding tert-OH is 1. The number of rotatable bonds is 7. The van der Waals surface area contributed by atoms with Crippen molar-refractivity contribution in [2.75, 3.05) is 7.11 Å². The molecule has 0 heterocycles. The van der Waals surface area contributed by atoms with E-state index in [4.69, 9.17) is 19.7 Å². The first-order chi connectivity index (χ1) is 8.06. The molecule has 0 fully saturated rings. The molecule has 0 radical (unpaired) electrons. The minimum Gasteiger partial charge on any atom is -0.398 e. The highest BCUT2D eigenvalue weighted by Gasteiger charge is 2.30. The number of benzene rings is 1. The molecule has 1 rings (SSSR count). The molecule has 0 spiro atoms. The van der Waals surface area contributed by atoms with Crippen LogP contribution in [0.2, 0.25) is 12.6 Å². The largest absolute Gasteiger partial charge is 0.398 e. The molecule has 17 heavy (non-hydrogen) atoms. The molecular formula is C12H21NO3Si. The van der Waals surface area contributed by atoms with Crippen LogP contribution in [0.25, 0.3) is 0 Å². The monoisotopic (exact) mass is 255 g/mol. The van der Waals surface area contributed by atoms with Crippen LogP contribution in [0.15, 0.2) is 30.3 Å². The molecule has 1 aromatic carbocycles. The van der Waals surface area contributed by atoms with Gasteiger partial charge in [0.25, 0.3) is 0 Å². The van der Waals surface area contributed by atoms with Gasteiger partial charge in [-0.2, -0.15) is 0 Å². The van der Waals surface area contributed by atoms with Crippen LogP contribution in [0.3, 0.4) is 0 Å². The zero-order valence-electron chi connectivity index (χ0n) is 10.4. The first kappa shape index (κ1) is 14.3. The molecule has 3 N–H and O–H groups in total. The quantitative estimate of drug-likeness (QED) is 0.573. The van der Waals surface area contributed by atoms with Gasteiger partial charge in [0.1, 0.15) is 6.23 Å². The number of nitrogens with two attached hydrogens (primary N) is 1. The van der Waals surface area contributed by atoms with E-state index in [1.807, 2.05) is 36.9 Å². The van der Waals surface area contributed by atoms with Gasteiger partial charge in [-0.15, -0.1) is 0 Å². The fourth-order valence-electron chi connectivity index (χ4n) is 1.45.